The molecule has 0 saturated carbocycles. The molecule has 0 aliphatic carbocycles. The van der Waals surface area contributed by atoms with Crippen molar-refractivity contribution in [3.8, 4) is 0 Å². The predicted molar refractivity (Wildman–Crippen MR) is 102 cm³/mol. The van der Waals surface area contributed by atoms with E-state index in [9.17, 15) is 14.4 Å². The van der Waals surface area contributed by atoms with Crippen molar-refractivity contribution < 1.29 is 18.8 Å². The van der Waals surface area contributed by atoms with Crippen LogP contribution >= 0.6 is 23.8 Å². The second-order valence-corrected chi connectivity index (χ2v) is 6.54. The van der Waals surface area contributed by atoms with Gasteiger partial charge in [0.1, 0.15) is 6.04 Å². The molecule has 2 aromatic rings. The maximum atomic E-state index is 12.5. The van der Waals surface area contributed by atoms with Gasteiger partial charge in [0.15, 0.2) is 10.9 Å². The van der Waals surface area contributed by atoms with Crippen LogP contribution in [0.25, 0.3) is 0 Å². The van der Waals surface area contributed by atoms with Crippen LogP contribution in [0.4, 0.5) is 5.69 Å². The van der Waals surface area contributed by atoms with Gasteiger partial charge in [-0.15, -0.1) is 0 Å². The number of rotatable bonds is 5. The Balaban J connectivity index is 1.71. The van der Waals surface area contributed by atoms with Crippen LogP contribution in [0.3, 0.4) is 0 Å². The van der Waals surface area contributed by atoms with Crippen molar-refractivity contribution in [1.82, 2.24) is 15.3 Å². The van der Waals surface area contributed by atoms with Crippen LogP contribution in [0.1, 0.15) is 17.0 Å². The van der Waals surface area contributed by atoms with Crippen LogP contribution in [-0.4, -0.2) is 45.8 Å². The van der Waals surface area contributed by atoms with Gasteiger partial charge in [-0.25, -0.2) is 5.01 Å². The number of carbonyl (C=O) groups is 3. The largest absolute Gasteiger partial charge is 0.459 e. The molecular formula is C17H15ClN4O4S. The molecule has 1 fully saturated rings. The van der Waals surface area contributed by atoms with E-state index >= 15 is 0 Å². The number of hydrogen-bond acceptors (Lipinski definition) is 5. The summed E-state index contributed by atoms with van der Waals surface area (Å²) in [5, 5.41) is 4.50. The number of carbonyl (C=O) groups excluding carboxylic acids is 3. The van der Waals surface area contributed by atoms with Crippen molar-refractivity contribution in [2.75, 3.05) is 12.4 Å². The minimum absolute atomic E-state index is 0.0594. The zero-order valence-electron chi connectivity index (χ0n) is 14.1. The third-order valence-corrected chi connectivity index (χ3v) is 4.62. The normalized spacial score (nSPS) is 16.6. The van der Waals surface area contributed by atoms with Crippen LogP contribution in [-0.2, 0) is 9.59 Å². The summed E-state index contributed by atoms with van der Waals surface area (Å²) in [6.45, 7) is 0. The average Bonchev–Trinajstić information content (AvgIpc) is 3.24. The lowest BCUT2D eigenvalue weighted by Gasteiger charge is -2.23. The standard InChI is InChI=1S/C17H15ClN4O4S/c1-21-16(25)12(9-14(23)19-11-6-4-10(18)5-7-11)22(17(21)27)20-15(24)13-3-2-8-26-13/h2-8,12H,9H2,1H3,(H,19,23)(H,20,24). The fourth-order valence-electron chi connectivity index (χ4n) is 2.52. The number of halogens is 1. The molecule has 1 aliphatic rings. The fourth-order valence-corrected chi connectivity index (χ4v) is 2.91. The number of nitrogens with zero attached hydrogens (tertiary/aromatic N) is 2. The molecular weight excluding hydrogens is 392 g/mol. The molecule has 0 radical (unpaired) electrons. The second-order valence-electron chi connectivity index (χ2n) is 5.74. The van der Waals surface area contributed by atoms with E-state index in [1.54, 1.807) is 30.3 Å². The number of nitrogens with one attached hydrogen (secondary N) is 2. The molecule has 2 heterocycles. The SMILES string of the molecule is CN1C(=O)C(CC(=O)Nc2ccc(Cl)cc2)N(NC(=O)c2ccco2)C1=S. The first-order valence-corrected chi connectivity index (χ1v) is 8.66. The van der Waals surface area contributed by atoms with Gasteiger partial charge in [0.2, 0.25) is 5.91 Å². The summed E-state index contributed by atoms with van der Waals surface area (Å²) in [5.41, 5.74) is 3.06. The smallest absolute Gasteiger partial charge is 0.305 e. The summed E-state index contributed by atoms with van der Waals surface area (Å²) >= 11 is 11.0. The first kappa shape index (κ1) is 18.9. The Morgan fingerprint density at radius 3 is 2.59 bits per heavy atom. The van der Waals surface area contributed by atoms with E-state index in [0.717, 1.165) is 0 Å². The fraction of sp³-hybridized carbons (Fsp3) is 0.176. The van der Waals surface area contributed by atoms with Gasteiger partial charge in [0, 0.05) is 17.8 Å². The minimum Gasteiger partial charge on any atom is -0.459 e. The van der Waals surface area contributed by atoms with E-state index < -0.39 is 23.8 Å². The van der Waals surface area contributed by atoms with Gasteiger partial charge in [-0.1, -0.05) is 11.6 Å². The third kappa shape index (κ3) is 4.09. The van der Waals surface area contributed by atoms with Gasteiger partial charge in [-0.3, -0.25) is 24.7 Å². The monoisotopic (exact) mass is 406 g/mol. The molecule has 1 saturated heterocycles. The number of amides is 3. The van der Waals surface area contributed by atoms with Crippen molar-refractivity contribution in [2.24, 2.45) is 0 Å². The van der Waals surface area contributed by atoms with Crippen LogP contribution in [0, 0.1) is 0 Å². The molecule has 1 atom stereocenters. The minimum atomic E-state index is -0.964. The van der Waals surface area contributed by atoms with E-state index in [2.05, 4.69) is 10.7 Å². The van der Waals surface area contributed by atoms with Crippen molar-refractivity contribution in [2.45, 2.75) is 12.5 Å². The van der Waals surface area contributed by atoms with Crippen LogP contribution < -0.4 is 10.7 Å². The quantitative estimate of drug-likeness (QED) is 0.738. The Bertz CT molecular complexity index is 885. The van der Waals surface area contributed by atoms with Gasteiger partial charge in [-0.2, -0.15) is 0 Å². The predicted octanol–water partition coefficient (Wildman–Crippen LogP) is 2.03. The van der Waals surface area contributed by atoms with E-state index in [4.69, 9.17) is 28.2 Å². The van der Waals surface area contributed by atoms with Crippen LogP contribution in [0.2, 0.25) is 5.02 Å². The Labute approximate surface area is 165 Å². The lowest BCUT2D eigenvalue weighted by atomic mass is 10.2. The van der Waals surface area contributed by atoms with E-state index in [1.807, 2.05) is 0 Å². The topological polar surface area (TPSA) is 94.9 Å². The Hall–Kier alpha value is -2.91. The second kappa shape index (κ2) is 7.77. The highest BCUT2D eigenvalue weighted by molar-refractivity contribution is 7.80. The lowest BCUT2D eigenvalue weighted by molar-refractivity contribution is -0.130. The molecule has 3 rings (SSSR count). The van der Waals surface area contributed by atoms with Gasteiger partial charge < -0.3 is 9.73 Å². The van der Waals surface area contributed by atoms with Crippen LogP contribution in [0.15, 0.2) is 47.1 Å². The summed E-state index contributed by atoms with van der Waals surface area (Å²) in [4.78, 5) is 38.2. The zero-order valence-corrected chi connectivity index (χ0v) is 15.7. The van der Waals surface area contributed by atoms with Crippen molar-refractivity contribution in [3.05, 3.63) is 53.4 Å². The number of furan rings is 1. The Morgan fingerprint density at radius 2 is 1.96 bits per heavy atom. The van der Waals surface area contributed by atoms with Gasteiger partial charge in [0.05, 0.1) is 12.7 Å². The molecule has 1 unspecified atom stereocenters. The van der Waals surface area contributed by atoms with E-state index in [0.29, 0.717) is 10.7 Å². The summed E-state index contributed by atoms with van der Waals surface area (Å²) in [7, 11) is 1.48. The molecule has 0 bridgehead atoms. The first-order valence-electron chi connectivity index (χ1n) is 7.87. The highest BCUT2D eigenvalue weighted by Gasteiger charge is 2.43. The highest BCUT2D eigenvalue weighted by atomic mass is 35.5. The number of likely N-dealkylation sites (N-methyl/N-ethyl adjacent to an activating group) is 1. The Morgan fingerprint density at radius 1 is 1.26 bits per heavy atom. The molecule has 0 spiro atoms. The summed E-state index contributed by atoms with van der Waals surface area (Å²) in [6.07, 6.45) is 1.15. The molecule has 8 nitrogen and oxygen atoms in total. The van der Waals surface area contributed by atoms with Gasteiger partial charge in [0.25, 0.3) is 5.91 Å². The third-order valence-electron chi connectivity index (χ3n) is 3.89. The number of hydrazine groups is 1. The van der Waals surface area contributed by atoms with Crippen molar-refractivity contribution in [3.63, 3.8) is 0 Å². The van der Waals surface area contributed by atoms with Crippen molar-refractivity contribution in [1.29, 1.82) is 0 Å². The Kier molecular flexibility index (Phi) is 5.43. The molecule has 1 aromatic carbocycles. The number of thiocarbonyl (C=S) groups is 1. The number of benzene rings is 1. The summed E-state index contributed by atoms with van der Waals surface area (Å²) in [6, 6.07) is 8.63. The summed E-state index contributed by atoms with van der Waals surface area (Å²) < 4.78 is 5.03. The molecule has 3 amide bonds. The molecule has 1 aromatic heterocycles. The number of anilines is 1. The summed E-state index contributed by atoms with van der Waals surface area (Å²) in [5.74, 6) is -1.32. The molecule has 2 N–H and O–H groups in total. The van der Waals surface area contributed by atoms with Gasteiger partial charge in [-0.05, 0) is 48.6 Å². The average molecular weight is 407 g/mol. The maximum Gasteiger partial charge on any atom is 0.305 e. The maximum absolute atomic E-state index is 12.5. The van der Waals surface area contributed by atoms with Gasteiger partial charge >= 0.3 is 5.91 Å². The first-order chi connectivity index (χ1) is 12.9. The zero-order chi connectivity index (χ0) is 19.6. The molecule has 1 aliphatic heterocycles. The molecule has 140 valence electrons. The van der Waals surface area contributed by atoms with Crippen molar-refractivity contribution >= 4 is 52.3 Å². The molecule has 10 heteroatoms. The van der Waals surface area contributed by atoms with E-state index in [-0.39, 0.29) is 17.3 Å². The molecule has 27 heavy (non-hydrogen) atoms. The highest BCUT2D eigenvalue weighted by Crippen LogP contribution is 2.19. The van der Waals surface area contributed by atoms with E-state index in [1.165, 1.54) is 29.3 Å². The lowest BCUT2D eigenvalue weighted by Crippen LogP contribution is -2.49. The van der Waals surface area contributed by atoms with Crippen LogP contribution in [0.5, 0.6) is 0 Å². The number of hydrogen-bond donors (Lipinski definition) is 2.